The van der Waals surface area contributed by atoms with Crippen LogP contribution in [0.1, 0.15) is 0 Å². The lowest BCUT2D eigenvalue weighted by Crippen LogP contribution is -2.46. The van der Waals surface area contributed by atoms with Crippen molar-refractivity contribution in [3.05, 3.63) is 0 Å². The smallest absolute Gasteiger partial charge is 0.336 e. The van der Waals surface area contributed by atoms with Crippen LogP contribution in [0.3, 0.4) is 0 Å². The fourth-order valence-corrected chi connectivity index (χ4v) is 0.402. The highest BCUT2D eigenvalue weighted by atomic mass is 16.5. The normalized spacial score (nSPS) is 15.2. The Balaban J connectivity index is 4.12. The van der Waals surface area contributed by atoms with E-state index in [1.54, 1.807) is 0 Å². The summed E-state index contributed by atoms with van der Waals surface area (Å²) >= 11 is 0. The van der Waals surface area contributed by atoms with Crippen molar-refractivity contribution in [2.45, 2.75) is 12.1 Å². The monoisotopic (exact) mass is 163 g/mol. The molecule has 0 unspecified atom stereocenters. The highest BCUT2D eigenvalue weighted by molar-refractivity contribution is 5.84. The fraction of sp³-hybridized carbons (Fsp3) is 0.600. The van der Waals surface area contributed by atoms with Gasteiger partial charge in [-0.1, -0.05) is 0 Å². The van der Waals surface area contributed by atoms with Gasteiger partial charge in [0.05, 0.1) is 7.11 Å². The molecule has 0 aromatic rings. The number of carboxylic acid groups (broad SMARTS) is 1. The van der Waals surface area contributed by atoms with Crippen LogP contribution in [-0.2, 0) is 14.3 Å². The zero-order valence-electron chi connectivity index (χ0n) is 5.85. The van der Waals surface area contributed by atoms with Gasteiger partial charge in [-0.15, -0.1) is 0 Å². The van der Waals surface area contributed by atoms with Gasteiger partial charge in [-0.3, -0.25) is 4.79 Å². The number of hydrogen-bond donors (Lipinski definition) is 3. The van der Waals surface area contributed by atoms with E-state index in [1.165, 1.54) is 0 Å². The van der Waals surface area contributed by atoms with Gasteiger partial charge in [0.25, 0.3) is 0 Å². The summed E-state index contributed by atoms with van der Waals surface area (Å²) in [6.45, 7) is 0. The van der Waals surface area contributed by atoms with Crippen LogP contribution in [0.2, 0.25) is 0 Å². The predicted molar refractivity (Wildman–Crippen MR) is 33.6 cm³/mol. The van der Waals surface area contributed by atoms with E-state index in [9.17, 15) is 9.59 Å². The van der Waals surface area contributed by atoms with Gasteiger partial charge in [0.15, 0.2) is 6.10 Å². The maximum absolute atomic E-state index is 10.4. The van der Waals surface area contributed by atoms with Gasteiger partial charge < -0.3 is 20.7 Å². The topological polar surface area (TPSA) is 110 Å². The summed E-state index contributed by atoms with van der Waals surface area (Å²) in [6, 6.07) is -1.64. The van der Waals surface area contributed by atoms with Gasteiger partial charge in [0.2, 0.25) is 0 Å². The molecule has 0 amide bonds. The van der Waals surface area contributed by atoms with E-state index in [2.05, 4.69) is 4.74 Å². The summed E-state index contributed by atoms with van der Waals surface area (Å²) in [5.41, 5.74) is 4.89. The third-order valence-electron chi connectivity index (χ3n) is 1.07. The molecule has 0 radical (unpaired) electrons. The second-order valence-electron chi connectivity index (χ2n) is 1.83. The number of carboxylic acids is 1. The molecule has 0 saturated carbocycles. The maximum Gasteiger partial charge on any atom is 0.336 e. The maximum atomic E-state index is 10.4. The standard InChI is InChI=1S/C5H9NO5/c1-11-5(10)3(7)2(6)4(8)9/h2-3,7H,6H2,1H3,(H,8,9)/t2-,3+/m1/s1. The lowest BCUT2D eigenvalue weighted by Gasteiger charge is -2.11. The Labute approximate surface area is 62.6 Å². The molecule has 0 bridgehead atoms. The summed E-state index contributed by atoms with van der Waals surface area (Å²) < 4.78 is 4.05. The molecule has 0 aromatic heterocycles. The summed E-state index contributed by atoms with van der Waals surface area (Å²) in [4.78, 5) is 20.5. The van der Waals surface area contributed by atoms with Gasteiger partial charge in [0.1, 0.15) is 6.04 Å². The van der Waals surface area contributed by atoms with Gasteiger partial charge in [-0.25, -0.2) is 4.79 Å². The average Bonchev–Trinajstić information content (AvgIpc) is 2.00. The molecule has 6 nitrogen and oxygen atoms in total. The van der Waals surface area contributed by atoms with Crippen LogP contribution in [0.25, 0.3) is 0 Å². The minimum Gasteiger partial charge on any atom is -0.480 e. The van der Waals surface area contributed by atoms with Crippen molar-refractivity contribution in [1.29, 1.82) is 0 Å². The van der Waals surface area contributed by atoms with Crippen molar-refractivity contribution in [3.63, 3.8) is 0 Å². The van der Waals surface area contributed by atoms with E-state index in [0.717, 1.165) is 7.11 Å². The first-order chi connectivity index (χ1) is 5.00. The van der Waals surface area contributed by atoms with Crippen molar-refractivity contribution in [2.75, 3.05) is 7.11 Å². The molecule has 0 aliphatic carbocycles. The van der Waals surface area contributed by atoms with E-state index < -0.39 is 24.1 Å². The van der Waals surface area contributed by atoms with Crippen molar-refractivity contribution < 1.29 is 24.5 Å². The first-order valence-electron chi connectivity index (χ1n) is 2.75. The summed E-state index contributed by atoms with van der Waals surface area (Å²) in [5.74, 6) is -2.51. The number of nitrogens with two attached hydrogens (primary N) is 1. The van der Waals surface area contributed by atoms with Crippen LogP contribution in [-0.4, -0.2) is 41.4 Å². The lowest BCUT2D eigenvalue weighted by molar-refractivity contribution is -0.157. The molecule has 0 spiro atoms. The van der Waals surface area contributed by atoms with Crippen molar-refractivity contribution >= 4 is 11.9 Å². The van der Waals surface area contributed by atoms with Crippen LogP contribution in [0.4, 0.5) is 0 Å². The first-order valence-corrected chi connectivity index (χ1v) is 2.75. The fourth-order valence-electron chi connectivity index (χ4n) is 0.402. The van der Waals surface area contributed by atoms with E-state index in [1.807, 2.05) is 0 Å². The largest absolute Gasteiger partial charge is 0.480 e. The van der Waals surface area contributed by atoms with E-state index >= 15 is 0 Å². The SMILES string of the molecule is COC(=O)[C@@H](O)[C@@H](N)C(=O)O. The first kappa shape index (κ1) is 9.86. The molecule has 0 aliphatic heterocycles. The molecule has 0 aliphatic rings. The molecule has 64 valence electrons. The predicted octanol–water partition coefficient (Wildman–Crippen LogP) is -2.07. The number of rotatable bonds is 3. The number of carbonyl (C=O) groups is 2. The third-order valence-corrected chi connectivity index (χ3v) is 1.07. The summed E-state index contributed by atoms with van der Waals surface area (Å²) in [7, 11) is 1.03. The Morgan fingerprint density at radius 1 is 1.55 bits per heavy atom. The Morgan fingerprint density at radius 2 is 2.00 bits per heavy atom. The summed E-state index contributed by atoms with van der Waals surface area (Å²) in [6.07, 6.45) is -1.81. The zero-order chi connectivity index (χ0) is 9.02. The van der Waals surface area contributed by atoms with Gasteiger partial charge in [-0.2, -0.15) is 0 Å². The Morgan fingerprint density at radius 3 is 2.27 bits per heavy atom. The average molecular weight is 163 g/mol. The third kappa shape index (κ3) is 2.52. The van der Waals surface area contributed by atoms with E-state index in [4.69, 9.17) is 15.9 Å². The summed E-state index contributed by atoms with van der Waals surface area (Å²) in [5, 5.41) is 17.0. The Bertz CT molecular complexity index is 168. The molecular formula is C5H9NO5. The minimum absolute atomic E-state index is 1.03. The molecule has 2 atom stereocenters. The van der Waals surface area contributed by atoms with Gasteiger partial charge in [0, 0.05) is 0 Å². The minimum atomic E-state index is -1.81. The second-order valence-corrected chi connectivity index (χ2v) is 1.83. The van der Waals surface area contributed by atoms with Gasteiger partial charge >= 0.3 is 11.9 Å². The number of methoxy groups -OCH3 is 1. The van der Waals surface area contributed by atoms with Crippen LogP contribution in [0.5, 0.6) is 0 Å². The number of aliphatic hydroxyl groups excluding tert-OH is 1. The van der Waals surface area contributed by atoms with Crippen molar-refractivity contribution in [3.8, 4) is 0 Å². The zero-order valence-corrected chi connectivity index (χ0v) is 5.85. The van der Waals surface area contributed by atoms with Crippen LogP contribution >= 0.6 is 0 Å². The molecule has 11 heavy (non-hydrogen) atoms. The molecule has 0 saturated heterocycles. The molecule has 0 heterocycles. The Kier molecular flexibility index (Phi) is 3.49. The molecule has 4 N–H and O–H groups in total. The number of aliphatic hydroxyl groups is 1. The van der Waals surface area contributed by atoms with Crippen LogP contribution < -0.4 is 5.73 Å². The number of carbonyl (C=O) groups excluding carboxylic acids is 1. The van der Waals surface area contributed by atoms with Crippen molar-refractivity contribution in [1.82, 2.24) is 0 Å². The molecule has 0 aromatic carbocycles. The molecule has 0 rings (SSSR count). The van der Waals surface area contributed by atoms with Gasteiger partial charge in [-0.05, 0) is 0 Å². The lowest BCUT2D eigenvalue weighted by atomic mass is 10.2. The quantitative estimate of drug-likeness (QED) is 0.412. The number of esters is 1. The highest BCUT2D eigenvalue weighted by Gasteiger charge is 2.28. The highest BCUT2D eigenvalue weighted by Crippen LogP contribution is 1.92. The van der Waals surface area contributed by atoms with Crippen LogP contribution in [0, 0.1) is 0 Å². The van der Waals surface area contributed by atoms with Crippen molar-refractivity contribution in [2.24, 2.45) is 5.73 Å². The molecular weight excluding hydrogens is 154 g/mol. The second kappa shape index (κ2) is 3.89. The van der Waals surface area contributed by atoms with E-state index in [0.29, 0.717) is 0 Å². The number of ether oxygens (including phenoxy) is 1. The van der Waals surface area contributed by atoms with Crippen LogP contribution in [0.15, 0.2) is 0 Å². The number of aliphatic carboxylic acids is 1. The van der Waals surface area contributed by atoms with E-state index in [-0.39, 0.29) is 0 Å². The molecule has 6 heteroatoms. The number of hydrogen-bond acceptors (Lipinski definition) is 5. The Hall–Kier alpha value is -1.14. The molecule has 0 fully saturated rings.